The molecule has 3 amide bonds. The fourth-order valence-electron chi connectivity index (χ4n) is 2.32. The van der Waals surface area contributed by atoms with Gasteiger partial charge in [0.2, 0.25) is 11.8 Å². The monoisotopic (exact) mass is 326 g/mol. The van der Waals surface area contributed by atoms with Crippen LogP contribution >= 0.6 is 11.6 Å². The fourth-order valence-corrected chi connectivity index (χ4v) is 2.51. The van der Waals surface area contributed by atoms with Gasteiger partial charge in [0, 0.05) is 11.6 Å². The molecule has 1 atom stereocenters. The van der Waals surface area contributed by atoms with Crippen molar-refractivity contribution in [2.24, 2.45) is 5.92 Å². The predicted octanol–water partition coefficient (Wildman–Crippen LogP) is 1.14. The fraction of sp³-hybridized carbons (Fsp3) is 0.357. The Bertz CT molecular complexity index is 619. The van der Waals surface area contributed by atoms with Gasteiger partial charge in [-0.05, 0) is 30.2 Å². The van der Waals surface area contributed by atoms with E-state index in [4.69, 9.17) is 21.4 Å². The van der Waals surface area contributed by atoms with Crippen molar-refractivity contribution in [1.29, 1.82) is 0 Å². The first-order chi connectivity index (χ1) is 10.4. The first-order valence-electron chi connectivity index (χ1n) is 6.55. The van der Waals surface area contributed by atoms with Gasteiger partial charge in [0.05, 0.1) is 13.0 Å². The van der Waals surface area contributed by atoms with E-state index in [2.05, 4.69) is 5.32 Å². The third-order valence-corrected chi connectivity index (χ3v) is 3.64. The first kappa shape index (κ1) is 16.1. The quantitative estimate of drug-likeness (QED) is 0.868. The van der Waals surface area contributed by atoms with Gasteiger partial charge in [0.1, 0.15) is 12.3 Å². The van der Waals surface area contributed by atoms with Gasteiger partial charge >= 0.3 is 6.09 Å². The molecule has 0 saturated carbocycles. The molecule has 1 aromatic carbocycles. The number of nitrogens with zero attached hydrogens (tertiary/aromatic N) is 1. The van der Waals surface area contributed by atoms with Crippen LogP contribution in [0.2, 0.25) is 5.02 Å². The molecule has 22 heavy (non-hydrogen) atoms. The van der Waals surface area contributed by atoms with Crippen molar-refractivity contribution in [2.45, 2.75) is 6.42 Å². The number of hydrogen-bond acceptors (Lipinski definition) is 4. The summed E-state index contributed by atoms with van der Waals surface area (Å²) < 4.78 is 5.22. The molecule has 1 aromatic rings. The van der Waals surface area contributed by atoms with E-state index >= 15 is 0 Å². The molecule has 1 unspecified atom stereocenters. The van der Waals surface area contributed by atoms with Crippen LogP contribution in [-0.2, 0) is 16.0 Å². The molecular formula is C14H15ClN2O5. The lowest BCUT2D eigenvalue weighted by Crippen LogP contribution is -2.41. The van der Waals surface area contributed by atoms with Crippen molar-refractivity contribution in [3.63, 3.8) is 0 Å². The highest BCUT2D eigenvalue weighted by molar-refractivity contribution is 6.30. The normalized spacial score (nSPS) is 18.6. The molecule has 2 rings (SSSR count). The number of carboxylic acid groups (broad SMARTS) is 1. The summed E-state index contributed by atoms with van der Waals surface area (Å²) in [6.07, 6.45) is -1.22. The van der Waals surface area contributed by atoms with Crippen LogP contribution in [0.1, 0.15) is 5.56 Å². The third kappa shape index (κ3) is 3.48. The Balaban J connectivity index is 2.27. The Kier molecular flexibility index (Phi) is 4.87. The Morgan fingerprint density at radius 1 is 1.50 bits per heavy atom. The minimum absolute atomic E-state index is 0.0666. The van der Waals surface area contributed by atoms with Gasteiger partial charge in [-0.3, -0.25) is 9.59 Å². The van der Waals surface area contributed by atoms with Gasteiger partial charge in [0.15, 0.2) is 0 Å². The second kappa shape index (κ2) is 6.65. The van der Waals surface area contributed by atoms with E-state index in [1.54, 1.807) is 18.2 Å². The van der Waals surface area contributed by atoms with Gasteiger partial charge < -0.3 is 15.2 Å². The van der Waals surface area contributed by atoms with Crippen molar-refractivity contribution in [3.8, 4) is 5.75 Å². The average molecular weight is 327 g/mol. The molecule has 2 N–H and O–H groups in total. The maximum Gasteiger partial charge on any atom is 0.414 e. The molecule has 0 radical (unpaired) electrons. The van der Waals surface area contributed by atoms with Gasteiger partial charge in [-0.1, -0.05) is 11.6 Å². The highest BCUT2D eigenvalue weighted by Gasteiger charge is 2.34. The van der Waals surface area contributed by atoms with Crippen molar-refractivity contribution >= 4 is 29.5 Å². The highest BCUT2D eigenvalue weighted by atomic mass is 35.5. The van der Waals surface area contributed by atoms with E-state index < -0.39 is 30.4 Å². The minimum Gasteiger partial charge on any atom is -0.496 e. The SMILES string of the molecule is COc1ccc(Cl)cc1CC1CNC(=O)CN(C(=O)O)C1=O. The number of nitrogens with one attached hydrogen (secondary N) is 1. The second-order valence-electron chi connectivity index (χ2n) is 4.87. The van der Waals surface area contributed by atoms with Crippen LogP contribution in [0.5, 0.6) is 5.75 Å². The zero-order valence-corrected chi connectivity index (χ0v) is 12.6. The molecule has 8 heteroatoms. The molecule has 1 aliphatic rings. The number of amides is 3. The Morgan fingerprint density at radius 3 is 2.86 bits per heavy atom. The number of benzene rings is 1. The van der Waals surface area contributed by atoms with Gasteiger partial charge in [-0.25, -0.2) is 9.69 Å². The molecule has 0 spiro atoms. The lowest BCUT2D eigenvalue weighted by molar-refractivity contribution is -0.134. The van der Waals surface area contributed by atoms with E-state index in [0.29, 0.717) is 21.2 Å². The zero-order chi connectivity index (χ0) is 16.3. The predicted molar refractivity (Wildman–Crippen MR) is 77.9 cm³/mol. The lowest BCUT2D eigenvalue weighted by atomic mass is 9.97. The van der Waals surface area contributed by atoms with Crippen molar-refractivity contribution in [2.75, 3.05) is 20.2 Å². The van der Waals surface area contributed by atoms with Gasteiger partial charge in [-0.2, -0.15) is 0 Å². The number of hydrogen-bond donors (Lipinski definition) is 2. The molecule has 7 nitrogen and oxygen atoms in total. The summed E-state index contributed by atoms with van der Waals surface area (Å²) in [4.78, 5) is 35.5. The van der Waals surface area contributed by atoms with Crippen LogP contribution < -0.4 is 10.1 Å². The molecule has 1 aliphatic heterocycles. The summed E-state index contributed by atoms with van der Waals surface area (Å²) in [6, 6.07) is 4.99. The second-order valence-corrected chi connectivity index (χ2v) is 5.30. The standard InChI is InChI=1S/C14H15ClN2O5/c1-22-11-3-2-10(15)5-8(11)4-9-6-16-12(18)7-17(13(9)19)14(20)21/h2-3,5,9H,4,6-7H2,1H3,(H,16,18)(H,20,21). The van der Waals surface area contributed by atoms with Crippen LogP contribution in [0, 0.1) is 5.92 Å². The number of imide groups is 1. The van der Waals surface area contributed by atoms with E-state index in [1.807, 2.05) is 0 Å². The summed E-state index contributed by atoms with van der Waals surface area (Å²) in [5.41, 5.74) is 0.676. The van der Waals surface area contributed by atoms with E-state index in [9.17, 15) is 14.4 Å². The van der Waals surface area contributed by atoms with Crippen molar-refractivity contribution < 1.29 is 24.2 Å². The molecule has 118 valence electrons. The largest absolute Gasteiger partial charge is 0.496 e. The Hall–Kier alpha value is -2.28. The summed E-state index contributed by atoms with van der Waals surface area (Å²) in [5, 5.41) is 12.1. The summed E-state index contributed by atoms with van der Waals surface area (Å²) >= 11 is 5.95. The minimum atomic E-state index is -1.44. The smallest absolute Gasteiger partial charge is 0.414 e. The van der Waals surface area contributed by atoms with Crippen LogP contribution in [0.25, 0.3) is 0 Å². The zero-order valence-electron chi connectivity index (χ0n) is 11.8. The van der Waals surface area contributed by atoms with Crippen molar-refractivity contribution in [3.05, 3.63) is 28.8 Å². The number of carbonyl (C=O) groups is 3. The number of methoxy groups -OCH3 is 1. The van der Waals surface area contributed by atoms with Gasteiger partial charge in [0.25, 0.3) is 0 Å². The highest BCUT2D eigenvalue weighted by Crippen LogP contribution is 2.26. The van der Waals surface area contributed by atoms with E-state index in [-0.39, 0.29) is 13.0 Å². The maximum absolute atomic E-state index is 12.3. The molecule has 0 bridgehead atoms. The number of rotatable bonds is 3. The van der Waals surface area contributed by atoms with Crippen molar-refractivity contribution in [1.82, 2.24) is 10.2 Å². The Morgan fingerprint density at radius 2 is 2.23 bits per heavy atom. The number of ether oxygens (including phenoxy) is 1. The molecule has 1 saturated heterocycles. The number of carbonyl (C=O) groups excluding carboxylic acids is 2. The summed E-state index contributed by atoms with van der Waals surface area (Å²) in [5.74, 6) is -1.27. The molecule has 0 aliphatic carbocycles. The molecule has 0 aromatic heterocycles. The van der Waals surface area contributed by atoms with E-state index in [1.165, 1.54) is 7.11 Å². The van der Waals surface area contributed by atoms with Crippen LogP contribution in [0.3, 0.4) is 0 Å². The molecule has 1 fully saturated rings. The first-order valence-corrected chi connectivity index (χ1v) is 6.93. The number of halogens is 1. The van der Waals surface area contributed by atoms with Gasteiger partial charge in [-0.15, -0.1) is 0 Å². The van der Waals surface area contributed by atoms with E-state index in [0.717, 1.165) is 0 Å². The topological polar surface area (TPSA) is 95.9 Å². The molecular weight excluding hydrogens is 312 g/mol. The summed E-state index contributed by atoms with van der Waals surface area (Å²) in [7, 11) is 1.49. The van der Waals surface area contributed by atoms with Crippen LogP contribution in [0.4, 0.5) is 4.79 Å². The Labute approximate surface area is 131 Å². The maximum atomic E-state index is 12.3. The average Bonchev–Trinajstić information content (AvgIpc) is 2.61. The summed E-state index contributed by atoms with van der Waals surface area (Å²) in [6.45, 7) is -0.422. The molecule has 1 heterocycles. The lowest BCUT2D eigenvalue weighted by Gasteiger charge is -2.19. The third-order valence-electron chi connectivity index (χ3n) is 3.40. The van der Waals surface area contributed by atoms with Crippen LogP contribution in [0.15, 0.2) is 18.2 Å². The van der Waals surface area contributed by atoms with Crippen LogP contribution in [-0.4, -0.2) is 48.1 Å².